The predicted molar refractivity (Wildman–Crippen MR) is 83.0 cm³/mol. The zero-order chi connectivity index (χ0) is 18.3. The SMILES string of the molecule is CNC(=O)/C(N=Nc1cc(C(=O)OC)ccc1C(=O)OC)=C(\C)O. The van der Waals surface area contributed by atoms with Gasteiger partial charge in [0, 0.05) is 7.05 Å². The van der Waals surface area contributed by atoms with Crippen LogP contribution < -0.4 is 5.32 Å². The van der Waals surface area contributed by atoms with E-state index in [0.717, 1.165) is 0 Å². The van der Waals surface area contributed by atoms with Gasteiger partial charge in [0.05, 0.1) is 25.3 Å². The van der Waals surface area contributed by atoms with Crippen molar-refractivity contribution in [3.8, 4) is 0 Å². The number of carbonyl (C=O) groups is 3. The minimum Gasteiger partial charge on any atom is -0.510 e. The Morgan fingerprint density at radius 2 is 1.75 bits per heavy atom. The molecular weight excluding hydrogens is 318 g/mol. The summed E-state index contributed by atoms with van der Waals surface area (Å²) in [7, 11) is 3.75. The summed E-state index contributed by atoms with van der Waals surface area (Å²) in [5.74, 6) is -2.36. The van der Waals surface area contributed by atoms with Gasteiger partial charge >= 0.3 is 11.9 Å². The Balaban J connectivity index is 3.40. The highest BCUT2D eigenvalue weighted by atomic mass is 16.5. The van der Waals surface area contributed by atoms with Crippen LogP contribution in [0.1, 0.15) is 27.6 Å². The third kappa shape index (κ3) is 4.38. The van der Waals surface area contributed by atoms with Gasteiger partial charge in [-0.15, -0.1) is 10.2 Å². The Labute approximate surface area is 138 Å². The van der Waals surface area contributed by atoms with Gasteiger partial charge in [0.25, 0.3) is 5.91 Å². The topological polar surface area (TPSA) is 127 Å². The van der Waals surface area contributed by atoms with E-state index in [9.17, 15) is 19.5 Å². The van der Waals surface area contributed by atoms with Crippen LogP contribution in [0.25, 0.3) is 0 Å². The van der Waals surface area contributed by atoms with Gasteiger partial charge in [-0.1, -0.05) is 0 Å². The summed E-state index contributed by atoms with van der Waals surface area (Å²) in [4.78, 5) is 35.0. The largest absolute Gasteiger partial charge is 0.510 e. The Kier molecular flexibility index (Phi) is 6.60. The molecule has 0 unspecified atom stereocenters. The molecule has 24 heavy (non-hydrogen) atoms. The van der Waals surface area contributed by atoms with Crippen molar-refractivity contribution in [1.29, 1.82) is 0 Å². The molecule has 0 aromatic heterocycles. The molecule has 0 spiro atoms. The third-order valence-corrected chi connectivity index (χ3v) is 2.87. The number of hydrogen-bond acceptors (Lipinski definition) is 8. The first-order valence-electron chi connectivity index (χ1n) is 6.70. The molecule has 1 aromatic rings. The van der Waals surface area contributed by atoms with E-state index in [-0.39, 0.29) is 28.3 Å². The Morgan fingerprint density at radius 3 is 2.25 bits per heavy atom. The summed E-state index contributed by atoms with van der Waals surface area (Å²) in [6.45, 7) is 1.26. The average Bonchev–Trinajstić information content (AvgIpc) is 2.59. The number of amides is 1. The van der Waals surface area contributed by atoms with E-state index in [4.69, 9.17) is 0 Å². The van der Waals surface area contributed by atoms with Crippen LogP contribution in [0.2, 0.25) is 0 Å². The summed E-state index contributed by atoms with van der Waals surface area (Å²) < 4.78 is 9.23. The van der Waals surface area contributed by atoms with Gasteiger partial charge in [0.15, 0.2) is 5.70 Å². The van der Waals surface area contributed by atoms with Gasteiger partial charge in [0.2, 0.25) is 0 Å². The molecule has 0 bridgehead atoms. The van der Waals surface area contributed by atoms with Crippen LogP contribution in [-0.2, 0) is 14.3 Å². The Morgan fingerprint density at radius 1 is 1.12 bits per heavy atom. The molecule has 9 nitrogen and oxygen atoms in total. The van der Waals surface area contributed by atoms with Crippen LogP contribution in [0, 0.1) is 0 Å². The smallest absolute Gasteiger partial charge is 0.340 e. The van der Waals surface area contributed by atoms with Crippen molar-refractivity contribution < 1.29 is 29.0 Å². The molecule has 1 amide bonds. The van der Waals surface area contributed by atoms with Crippen LogP contribution in [0.3, 0.4) is 0 Å². The number of likely N-dealkylation sites (N-methyl/N-ethyl adjacent to an activating group) is 1. The number of methoxy groups -OCH3 is 2. The molecule has 0 aliphatic heterocycles. The number of carbonyl (C=O) groups excluding carboxylic acids is 3. The Bertz CT molecular complexity index is 720. The quantitative estimate of drug-likeness (QED) is 0.366. The number of aliphatic hydroxyl groups is 1. The molecule has 0 aliphatic carbocycles. The zero-order valence-corrected chi connectivity index (χ0v) is 13.6. The lowest BCUT2D eigenvalue weighted by molar-refractivity contribution is -0.117. The second-order valence-corrected chi connectivity index (χ2v) is 4.43. The summed E-state index contributed by atoms with van der Waals surface area (Å²) in [6, 6.07) is 3.95. The van der Waals surface area contributed by atoms with Crippen LogP contribution in [-0.4, -0.2) is 44.2 Å². The molecule has 0 radical (unpaired) electrons. The van der Waals surface area contributed by atoms with E-state index in [2.05, 4.69) is 25.0 Å². The average molecular weight is 335 g/mol. The van der Waals surface area contributed by atoms with Gasteiger partial charge in [-0.05, 0) is 25.1 Å². The van der Waals surface area contributed by atoms with Crippen LogP contribution in [0.4, 0.5) is 5.69 Å². The highest BCUT2D eigenvalue weighted by Gasteiger charge is 2.17. The summed E-state index contributed by atoms with van der Waals surface area (Å²) >= 11 is 0. The monoisotopic (exact) mass is 335 g/mol. The molecule has 0 atom stereocenters. The molecule has 0 heterocycles. The van der Waals surface area contributed by atoms with Crippen LogP contribution in [0.5, 0.6) is 0 Å². The fourth-order valence-electron chi connectivity index (χ4n) is 1.65. The molecule has 9 heteroatoms. The molecule has 2 N–H and O–H groups in total. The van der Waals surface area contributed by atoms with E-state index in [1.807, 2.05) is 0 Å². The number of nitrogens with zero attached hydrogens (tertiary/aromatic N) is 2. The van der Waals surface area contributed by atoms with Crippen molar-refractivity contribution in [1.82, 2.24) is 5.32 Å². The van der Waals surface area contributed by atoms with Crippen molar-refractivity contribution in [3.05, 3.63) is 40.8 Å². The minimum atomic E-state index is -0.702. The lowest BCUT2D eigenvalue weighted by Gasteiger charge is -2.06. The van der Waals surface area contributed by atoms with E-state index >= 15 is 0 Å². The minimum absolute atomic E-state index is 0.0209. The maximum absolute atomic E-state index is 11.8. The first kappa shape index (κ1) is 18.8. The van der Waals surface area contributed by atoms with Crippen molar-refractivity contribution >= 4 is 23.5 Å². The molecule has 128 valence electrons. The van der Waals surface area contributed by atoms with E-state index in [1.54, 1.807) is 0 Å². The first-order valence-corrected chi connectivity index (χ1v) is 6.70. The third-order valence-electron chi connectivity index (χ3n) is 2.87. The van der Waals surface area contributed by atoms with Crippen molar-refractivity contribution in [2.24, 2.45) is 10.2 Å². The van der Waals surface area contributed by atoms with E-state index in [1.165, 1.54) is 46.4 Å². The van der Waals surface area contributed by atoms with Crippen molar-refractivity contribution in [3.63, 3.8) is 0 Å². The fourth-order valence-corrected chi connectivity index (χ4v) is 1.65. The van der Waals surface area contributed by atoms with Gasteiger partial charge < -0.3 is 19.9 Å². The Hall–Kier alpha value is -3.23. The number of rotatable bonds is 5. The normalized spacial score (nSPS) is 11.7. The number of benzene rings is 1. The van der Waals surface area contributed by atoms with E-state index < -0.39 is 17.8 Å². The van der Waals surface area contributed by atoms with Crippen molar-refractivity contribution in [2.45, 2.75) is 6.92 Å². The van der Waals surface area contributed by atoms with Gasteiger partial charge in [-0.2, -0.15) is 0 Å². The lowest BCUT2D eigenvalue weighted by Crippen LogP contribution is -2.20. The zero-order valence-electron chi connectivity index (χ0n) is 13.6. The number of azo groups is 1. The highest BCUT2D eigenvalue weighted by Crippen LogP contribution is 2.24. The first-order chi connectivity index (χ1) is 11.3. The summed E-state index contributed by atoms with van der Waals surface area (Å²) in [5, 5.41) is 19.2. The fraction of sp³-hybridized carbons (Fsp3) is 0.267. The number of aliphatic hydroxyl groups excluding tert-OH is 1. The molecule has 1 aromatic carbocycles. The van der Waals surface area contributed by atoms with Crippen molar-refractivity contribution in [2.75, 3.05) is 21.3 Å². The lowest BCUT2D eigenvalue weighted by atomic mass is 10.1. The molecule has 0 fully saturated rings. The molecule has 1 rings (SSSR count). The molecule has 0 saturated carbocycles. The number of nitrogens with one attached hydrogen (secondary N) is 1. The molecule has 0 aliphatic rings. The number of esters is 2. The number of hydrogen-bond donors (Lipinski definition) is 2. The maximum Gasteiger partial charge on any atom is 0.340 e. The standard InChI is InChI=1S/C15H17N3O6/c1-8(19)12(13(20)16-2)18-17-11-7-9(14(21)23-3)5-6-10(11)15(22)24-4/h5-7,19H,1-4H3,(H,16,20)/b12-8-,18-17?. The number of ether oxygens (including phenoxy) is 2. The van der Waals surface area contributed by atoms with Gasteiger partial charge in [0.1, 0.15) is 11.4 Å². The summed E-state index contributed by atoms with van der Waals surface area (Å²) in [5.41, 5.74) is -0.199. The van der Waals surface area contributed by atoms with Gasteiger partial charge in [-0.3, -0.25) is 4.79 Å². The summed E-state index contributed by atoms with van der Waals surface area (Å²) in [6.07, 6.45) is 0. The van der Waals surface area contributed by atoms with Gasteiger partial charge in [-0.25, -0.2) is 9.59 Å². The second kappa shape index (κ2) is 8.42. The van der Waals surface area contributed by atoms with Crippen LogP contribution >= 0.6 is 0 Å². The maximum atomic E-state index is 11.8. The number of allylic oxidation sites excluding steroid dienone is 1. The van der Waals surface area contributed by atoms with E-state index in [0.29, 0.717) is 0 Å². The highest BCUT2D eigenvalue weighted by molar-refractivity contribution is 5.98. The molecule has 0 saturated heterocycles. The predicted octanol–water partition coefficient (Wildman–Crippen LogP) is 1.88. The molecular formula is C15H17N3O6. The second-order valence-electron chi connectivity index (χ2n) is 4.43. The van der Waals surface area contributed by atoms with Crippen LogP contribution in [0.15, 0.2) is 39.9 Å².